The largest absolute Gasteiger partial charge is 0.381 e. The fourth-order valence-electron chi connectivity index (χ4n) is 2.12. The second-order valence-corrected chi connectivity index (χ2v) is 4.57. The second kappa shape index (κ2) is 6.86. The van der Waals surface area contributed by atoms with Gasteiger partial charge in [0.2, 0.25) is 5.91 Å². The maximum absolute atomic E-state index is 12.1. The summed E-state index contributed by atoms with van der Waals surface area (Å²) in [4.78, 5) is 14.1. The summed E-state index contributed by atoms with van der Waals surface area (Å²) in [6, 6.07) is 0. The van der Waals surface area contributed by atoms with Gasteiger partial charge in [-0.25, -0.2) is 0 Å². The van der Waals surface area contributed by atoms with E-state index in [1.807, 2.05) is 25.8 Å². The van der Waals surface area contributed by atoms with E-state index in [2.05, 4.69) is 5.32 Å². The molecule has 0 radical (unpaired) electrons. The van der Waals surface area contributed by atoms with E-state index in [0.29, 0.717) is 5.92 Å². The monoisotopic (exact) mass is 228 g/mol. The quantitative estimate of drug-likeness (QED) is 0.728. The van der Waals surface area contributed by atoms with Gasteiger partial charge in [0.1, 0.15) is 0 Å². The van der Waals surface area contributed by atoms with E-state index in [0.717, 1.165) is 39.3 Å². The van der Waals surface area contributed by atoms with Crippen LogP contribution >= 0.6 is 0 Å². The minimum absolute atomic E-state index is 0.0623. The van der Waals surface area contributed by atoms with Crippen molar-refractivity contribution >= 4 is 5.91 Å². The zero-order chi connectivity index (χ0) is 12.0. The molecule has 1 amide bonds. The first-order valence-corrected chi connectivity index (χ1v) is 6.20. The molecule has 4 nitrogen and oxygen atoms in total. The van der Waals surface area contributed by atoms with Gasteiger partial charge in [-0.05, 0) is 20.4 Å². The molecule has 0 aromatic heterocycles. The highest BCUT2D eigenvalue weighted by Crippen LogP contribution is 2.15. The summed E-state index contributed by atoms with van der Waals surface area (Å²) in [6.07, 6.45) is 1.09. The molecule has 16 heavy (non-hydrogen) atoms. The first-order valence-electron chi connectivity index (χ1n) is 6.20. The molecule has 1 fully saturated rings. The first-order chi connectivity index (χ1) is 7.69. The third-order valence-electron chi connectivity index (χ3n) is 3.13. The van der Waals surface area contributed by atoms with Gasteiger partial charge >= 0.3 is 0 Å². The molecule has 1 aliphatic heterocycles. The summed E-state index contributed by atoms with van der Waals surface area (Å²) in [6.45, 7) is 8.07. The van der Waals surface area contributed by atoms with Crippen molar-refractivity contribution in [1.82, 2.24) is 10.2 Å². The smallest absolute Gasteiger partial charge is 0.226 e. The number of carbonyl (C=O) groups is 1. The van der Waals surface area contributed by atoms with Gasteiger partial charge in [-0.2, -0.15) is 0 Å². The lowest BCUT2D eigenvalue weighted by molar-refractivity contribution is -0.135. The van der Waals surface area contributed by atoms with Gasteiger partial charge in [0.25, 0.3) is 0 Å². The maximum Gasteiger partial charge on any atom is 0.226 e. The van der Waals surface area contributed by atoms with E-state index < -0.39 is 0 Å². The lowest BCUT2D eigenvalue weighted by Crippen LogP contribution is -2.41. The fourth-order valence-corrected chi connectivity index (χ4v) is 2.12. The normalized spacial score (nSPS) is 22.1. The Labute approximate surface area is 98.3 Å². The van der Waals surface area contributed by atoms with Gasteiger partial charge < -0.3 is 15.0 Å². The van der Waals surface area contributed by atoms with Crippen molar-refractivity contribution < 1.29 is 9.53 Å². The highest BCUT2D eigenvalue weighted by Gasteiger charge is 2.24. The summed E-state index contributed by atoms with van der Waals surface area (Å²) < 4.78 is 5.34. The van der Waals surface area contributed by atoms with Crippen LogP contribution in [-0.2, 0) is 9.53 Å². The number of ether oxygens (including phenoxy) is 1. The highest BCUT2D eigenvalue weighted by atomic mass is 16.5. The number of nitrogens with one attached hydrogen (secondary N) is 1. The molecule has 1 rings (SSSR count). The summed E-state index contributed by atoms with van der Waals surface area (Å²) in [5, 5.41) is 3.05. The van der Waals surface area contributed by atoms with Crippen LogP contribution in [0.1, 0.15) is 20.3 Å². The van der Waals surface area contributed by atoms with Crippen LogP contribution in [0.5, 0.6) is 0 Å². The van der Waals surface area contributed by atoms with Crippen LogP contribution < -0.4 is 5.32 Å². The standard InChI is InChI=1S/C12H24N2O2/c1-4-14(8-11-5-6-16-9-11)12(15)10(2)7-13-3/h10-11,13H,4-9H2,1-3H3. The van der Waals surface area contributed by atoms with Gasteiger partial charge in [0, 0.05) is 38.1 Å². The highest BCUT2D eigenvalue weighted by molar-refractivity contribution is 5.78. The Bertz CT molecular complexity index is 215. The summed E-state index contributed by atoms with van der Waals surface area (Å²) in [5.74, 6) is 0.849. The molecule has 1 heterocycles. The molecular weight excluding hydrogens is 204 g/mol. The molecule has 0 bridgehead atoms. The van der Waals surface area contributed by atoms with E-state index in [4.69, 9.17) is 4.74 Å². The number of amides is 1. The van der Waals surface area contributed by atoms with Crippen molar-refractivity contribution in [2.45, 2.75) is 20.3 Å². The van der Waals surface area contributed by atoms with Crippen LogP contribution in [-0.4, -0.2) is 50.7 Å². The Morgan fingerprint density at radius 2 is 2.38 bits per heavy atom. The summed E-state index contributed by atoms with van der Waals surface area (Å²) in [5.41, 5.74) is 0. The van der Waals surface area contributed by atoms with Crippen LogP contribution in [0.15, 0.2) is 0 Å². The first kappa shape index (κ1) is 13.5. The molecule has 0 aromatic rings. The minimum Gasteiger partial charge on any atom is -0.381 e. The number of hydrogen-bond donors (Lipinski definition) is 1. The predicted molar refractivity (Wildman–Crippen MR) is 64.3 cm³/mol. The van der Waals surface area contributed by atoms with E-state index in [1.54, 1.807) is 0 Å². The molecule has 2 unspecified atom stereocenters. The summed E-state index contributed by atoms with van der Waals surface area (Å²) in [7, 11) is 1.88. The molecule has 1 N–H and O–H groups in total. The van der Waals surface area contributed by atoms with Gasteiger partial charge in [0.15, 0.2) is 0 Å². The van der Waals surface area contributed by atoms with Crippen molar-refractivity contribution in [3.05, 3.63) is 0 Å². The van der Waals surface area contributed by atoms with E-state index in [1.165, 1.54) is 0 Å². The minimum atomic E-state index is 0.0623. The zero-order valence-corrected chi connectivity index (χ0v) is 10.7. The van der Waals surface area contributed by atoms with Gasteiger partial charge in [-0.3, -0.25) is 4.79 Å². The second-order valence-electron chi connectivity index (χ2n) is 4.57. The fraction of sp³-hybridized carbons (Fsp3) is 0.917. The van der Waals surface area contributed by atoms with Crippen LogP contribution in [0, 0.1) is 11.8 Å². The van der Waals surface area contributed by atoms with E-state index in [-0.39, 0.29) is 11.8 Å². The third kappa shape index (κ3) is 3.76. The average Bonchev–Trinajstić information content (AvgIpc) is 2.78. The van der Waals surface area contributed by atoms with Gasteiger partial charge in [-0.15, -0.1) is 0 Å². The third-order valence-corrected chi connectivity index (χ3v) is 3.13. The molecule has 2 atom stereocenters. The predicted octanol–water partition coefficient (Wildman–Crippen LogP) is 0.727. The summed E-state index contributed by atoms with van der Waals surface area (Å²) >= 11 is 0. The Hall–Kier alpha value is -0.610. The molecule has 1 saturated heterocycles. The number of hydrogen-bond acceptors (Lipinski definition) is 3. The van der Waals surface area contributed by atoms with E-state index in [9.17, 15) is 4.79 Å². The zero-order valence-electron chi connectivity index (χ0n) is 10.7. The Morgan fingerprint density at radius 1 is 1.62 bits per heavy atom. The molecule has 1 aliphatic rings. The average molecular weight is 228 g/mol. The lowest BCUT2D eigenvalue weighted by Gasteiger charge is -2.26. The molecule has 0 aromatic carbocycles. The van der Waals surface area contributed by atoms with Crippen LogP contribution in [0.3, 0.4) is 0 Å². The van der Waals surface area contributed by atoms with Crippen molar-refractivity contribution in [3.8, 4) is 0 Å². The molecule has 0 spiro atoms. The molecule has 94 valence electrons. The van der Waals surface area contributed by atoms with Crippen LogP contribution in [0.2, 0.25) is 0 Å². The van der Waals surface area contributed by atoms with E-state index >= 15 is 0 Å². The Morgan fingerprint density at radius 3 is 2.88 bits per heavy atom. The van der Waals surface area contributed by atoms with Crippen LogP contribution in [0.25, 0.3) is 0 Å². The molecule has 0 aliphatic carbocycles. The van der Waals surface area contributed by atoms with Gasteiger partial charge in [-0.1, -0.05) is 6.92 Å². The molecule has 0 saturated carbocycles. The number of nitrogens with zero attached hydrogens (tertiary/aromatic N) is 1. The SMILES string of the molecule is CCN(CC1CCOC1)C(=O)C(C)CNC. The van der Waals surface area contributed by atoms with Crippen LogP contribution in [0.4, 0.5) is 0 Å². The lowest BCUT2D eigenvalue weighted by atomic mass is 10.1. The molecular formula is C12H24N2O2. The maximum atomic E-state index is 12.1. The van der Waals surface area contributed by atoms with Gasteiger partial charge in [0.05, 0.1) is 6.61 Å². The Kier molecular flexibility index (Phi) is 5.77. The van der Waals surface area contributed by atoms with Crippen molar-refractivity contribution in [1.29, 1.82) is 0 Å². The topological polar surface area (TPSA) is 41.6 Å². The Balaban J connectivity index is 2.42. The van der Waals surface area contributed by atoms with Crippen molar-refractivity contribution in [3.63, 3.8) is 0 Å². The number of carbonyl (C=O) groups excluding carboxylic acids is 1. The van der Waals surface area contributed by atoms with Crippen molar-refractivity contribution in [2.24, 2.45) is 11.8 Å². The molecule has 4 heteroatoms. The van der Waals surface area contributed by atoms with Crippen molar-refractivity contribution in [2.75, 3.05) is 39.9 Å². The number of rotatable bonds is 6.